The quantitative estimate of drug-likeness (QED) is 0.435. The molecule has 38 heavy (non-hydrogen) atoms. The van der Waals surface area contributed by atoms with E-state index in [0.29, 0.717) is 35.7 Å². The molecule has 198 valence electrons. The number of amides is 1. The van der Waals surface area contributed by atoms with Gasteiger partial charge in [-0.2, -0.15) is 5.10 Å². The fraction of sp³-hybridized carbons (Fsp3) is 0.370. The molecule has 11 heteroatoms. The van der Waals surface area contributed by atoms with Crippen LogP contribution < -0.4 is 9.80 Å². The maximum Gasteiger partial charge on any atom is 0.338 e. The Labute approximate surface area is 235 Å². The second kappa shape index (κ2) is 10.4. The molecule has 1 saturated heterocycles. The summed E-state index contributed by atoms with van der Waals surface area (Å²) in [6, 6.07) is 12.2. The molecular formula is C27H27Cl2N5O3S. The number of benzene rings is 2. The van der Waals surface area contributed by atoms with E-state index in [9.17, 15) is 9.59 Å². The lowest BCUT2D eigenvalue weighted by molar-refractivity contribution is -0.122. The average molecular weight is 573 g/mol. The van der Waals surface area contributed by atoms with Crippen molar-refractivity contribution in [2.75, 3.05) is 34.5 Å². The van der Waals surface area contributed by atoms with E-state index in [-0.39, 0.29) is 17.5 Å². The van der Waals surface area contributed by atoms with Crippen LogP contribution in [0.4, 0.5) is 11.4 Å². The molecule has 1 saturated carbocycles. The van der Waals surface area contributed by atoms with Gasteiger partial charge in [0.1, 0.15) is 0 Å². The van der Waals surface area contributed by atoms with Crippen LogP contribution in [0, 0.1) is 0 Å². The van der Waals surface area contributed by atoms with Crippen LogP contribution in [-0.4, -0.2) is 68.5 Å². The zero-order valence-electron chi connectivity index (χ0n) is 20.6. The number of aromatic nitrogens is 2. The Hall–Kier alpha value is -2.72. The first kappa shape index (κ1) is 25.6. The van der Waals surface area contributed by atoms with Crippen LogP contribution in [0.25, 0.3) is 0 Å². The minimum atomic E-state index is -1.03. The molecule has 0 spiro atoms. The number of hydrogen-bond donors (Lipinski definition) is 1. The summed E-state index contributed by atoms with van der Waals surface area (Å²) in [5.41, 5.74) is 3.87. The number of aromatic carboxylic acids is 1. The van der Waals surface area contributed by atoms with E-state index in [1.165, 1.54) is 29.9 Å². The number of carbonyl (C=O) groups excluding carboxylic acids is 1. The first-order valence-corrected chi connectivity index (χ1v) is 14.5. The van der Waals surface area contributed by atoms with Gasteiger partial charge in [-0.3, -0.25) is 14.4 Å². The number of para-hydroxylation sites is 2. The Morgan fingerprint density at radius 2 is 1.74 bits per heavy atom. The van der Waals surface area contributed by atoms with E-state index < -0.39 is 5.97 Å². The van der Waals surface area contributed by atoms with Gasteiger partial charge < -0.3 is 14.9 Å². The van der Waals surface area contributed by atoms with Crippen molar-refractivity contribution in [3.63, 3.8) is 0 Å². The first-order valence-electron chi connectivity index (χ1n) is 12.6. The summed E-state index contributed by atoms with van der Waals surface area (Å²) in [5.74, 6) is 0.570. The predicted octanol–water partition coefficient (Wildman–Crippen LogP) is 4.83. The molecule has 8 nitrogen and oxygen atoms in total. The van der Waals surface area contributed by atoms with Crippen molar-refractivity contribution in [3.8, 4) is 0 Å². The maximum absolute atomic E-state index is 13.9. The van der Waals surface area contributed by atoms with Crippen molar-refractivity contribution in [1.82, 2.24) is 14.7 Å². The number of halogens is 2. The molecule has 6 rings (SSSR count). The van der Waals surface area contributed by atoms with Crippen LogP contribution >= 0.6 is 35.0 Å². The highest BCUT2D eigenvalue weighted by molar-refractivity contribution is 7.99. The van der Waals surface area contributed by atoms with Gasteiger partial charge in [0.2, 0.25) is 5.91 Å². The number of rotatable bonds is 7. The van der Waals surface area contributed by atoms with E-state index >= 15 is 0 Å². The molecule has 3 aromatic rings. The van der Waals surface area contributed by atoms with Gasteiger partial charge >= 0.3 is 5.97 Å². The van der Waals surface area contributed by atoms with Crippen LogP contribution in [0.1, 0.15) is 34.3 Å². The van der Waals surface area contributed by atoms with Crippen molar-refractivity contribution in [3.05, 3.63) is 75.5 Å². The smallest absolute Gasteiger partial charge is 0.338 e. The number of fused-ring (bicyclic) bond motifs is 1. The molecule has 1 amide bonds. The Balaban J connectivity index is 1.18. The standard InChI is InChI=1S/C27H27Cl2N5O3S/c28-21-10-18(13-32-14-19(11-30-32)27(36)37)22(29)9-17(21)12-31-16-38-15-25(31)26(35)34-8-7-33(20-5-6-20)23-3-1-2-4-24(23)34/h1-4,9-11,14,20,25H,5-8,12-13,15-16H2,(H,36,37)/t25-/m0/s1. The molecule has 0 bridgehead atoms. The summed E-state index contributed by atoms with van der Waals surface area (Å²) >= 11 is 15.0. The number of anilines is 2. The molecule has 1 aromatic heterocycles. The van der Waals surface area contributed by atoms with Crippen molar-refractivity contribution in [2.24, 2.45) is 0 Å². The summed E-state index contributed by atoms with van der Waals surface area (Å²) in [5, 5.41) is 14.3. The topological polar surface area (TPSA) is 81.9 Å². The second-order valence-electron chi connectivity index (χ2n) is 9.93. The summed E-state index contributed by atoms with van der Waals surface area (Å²) in [6.45, 7) is 2.37. The Morgan fingerprint density at radius 1 is 1.03 bits per heavy atom. The highest BCUT2D eigenvalue weighted by Crippen LogP contribution is 2.41. The van der Waals surface area contributed by atoms with E-state index in [2.05, 4.69) is 27.0 Å². The zero-order chi connectivity index (χ0) is 26.4. The van der Waals surface area contributed by atoms with Crippen LogP contribution in [0.15, 0.2) is 48.8 Å². The molecule has 1 atom stereocenters. The second-order valence-corrected chi connectivity index (χ2v) is 11.7. The third kappa shape index (κ3) is 5.00. The molecule has 2 aliphatic heterocycles. The summed E-state index contributed by atoms with van der Waals surface area (Å²) in [7, 11) is 0. The van der Waals surface area contributed by atoms with Crippen molar-refractivity contribution < 1.29 is 14.7 Å². The number of hydrogen-bond acceptors (Lipinski definition) is 6. The maximum atomic E-state index is 13.9. The summed E-state index contributed by atoms with van der Waals surface area (Å²) in [6.07, 6.45) is 5.21. The van der Waals surface area contributed by atoms with E-state index in [4.69, 9.17) is 28.3 Å². The number of carboxylic acids is 1. The summed E-state index contributed by atoms with van der Waals surface area (Å²) in [4.78, 5) is 31.6. The zero-order valence-corrected chi connectivity index (χ0v) is 22.9. The molecular weight excluding hydrogens is 545 g/mol. The SMILES string of the molecule is O=C(O)c1cnn(Cc2cc(Cl)c(CN3CSC[C@H]3C(=O)N3CCN(C4CC4)c4ccccc43)cc2Cl)c1. The minimum absolute atomic E-state index is 0.114. The summed E-state index contributed by atoms with van der Waals surface area (Å²) < 4.78 is 1.52. The third-order valence-electron chi connectivity index (χ3n) is 7.36. The Bertz CT molecular complexity index is 1390. The normalized spacial score (nSPS) is 19.6. The highest BCUT2D eigenvalue weighted by Gasteiger charge is 2.40. The fourth-order valence-electron chi connectivity index (χ4n) is 5.24. The van der Waals surface area contributed by atoms with Gasteiger partial charge in [-0.25, -0.2) is 4.79 Å². The largest absolute Gasteiger partial charge is 0.478 e. The number of nitrogens with zero attached hydrogens (tertiary/aromatic N) is 5. The number of carbonyl (C=O) groups is 2. The molecule has 1 aliphatic carbocycles. The van der Waals surface area contributed by atoms with Crippen LogP contribution in [-0.2, 0) is 17.9 Å². The molecule has 2 fully saturated rings. The van der Waals surface area contributed by atoms with Gasteiger partial charge in [0, 0.05) is 53.5 Å². The molecule has 3 aliphatic rings. The van der Waals surface area contributed by atoms with E-state index in [0.717, 1.165) is 40.7 Å². The van der Waals surface area contributed by atoms with Crippen LogP contribution in [0.5, 0.6) is 0 Å². The van der Waals surface area contributed by atoms with Gasteiger partial charge in [0.15, 0.2) is 0 Å². The van der Waals surface area contributed by atoms with Gasteiger partial charge in [0.05, 0.1) is 35.7 Å². The van der Waals surface area contributed by atoms with Gasteiger partial charge in [0.25, 0.3) is 0 Å². The van der Waals surface area contributed by atoms with Crippen LogP contribution in [0.3, 0.4) is 0 Å². The average Bonchev–Trinajstić information content (AvgIpc) is 3.45. The minimum Gasteiger partial charge on any atom is -0.478 e. The lowest BCUT2D eigenvalue weighted by Gasteiger charge is -2.39. The van der Waals surface area contributed by atoms with Crippen LogP contribution in [0.2, 0.25) is 10.0 Å². The first-order chi connectivity index (χ1) is 18.4. The lowest BCUT2D eigenvalue weighted by Crippen LogP contribution is -2.52. The van der Waals surface area contributed by atoms with E-state index in [1.54, 1.807) is 17.8 Å². The third-order valence-corrected chi connectivity index (χ3v) is 9.13. The van der Waals surface area contributed by atoms with Gasteiger partial charge in [-0.1, -0.05) is 35.3 Å². The molecule has 3 heterocycles. The van der Waals surface area contributed by atoms with Gasteiger partial charge in [-0.05, 0) is 48.2 Å². The predicted molar refractivity (Wildman–Crippen MR) is 151 cm³/mol. The lowest BCUT2D eigenvalue weighted by atomic mass is 10.1. The molecule has 0 unspecified atom stereocenters. The van der Waals surface area contributed by atoms with Gasteiger partial charge in [-0.15, -0.1) is 11.8 Å². The van der Waals surface area contributed by atoms with Crippen molar-refractivity contribution in [1.29, 1.82) is 0 Å². The number of carboxylic acid groups (broad SMARTS) is 1. The Kier molecular flexibility index (Phi) is 7.03. The molecule has 1 N–H and O–H groups in total. The highest BCUT2D eigenvalue weighted by atomic mass is 35.5. The monoisotopic (exact) mass is 571 g/mol. The van der Waals surface area contributed by atoms with E-state index in [1.807, 2.05) is 23.1 Å². The Morgan fingerprint density at radius 3 is 2.42 bits per heavy atom. The van der Waals surface area contributed by atoms with Crippen molar-refractivity contribution in [2.45, 2.75) is 38.0 Å². The van der Waals surface area contributed by atoms with Crippen molar-refractivity contribution >= 4 is 58.2 Å². The fourth-order valence-corrected chi connectivity index (χ4v) is 6.92. The molecule has 0 radical (unpaired) electrons. The molecule has 2 aromatic carbocycles. The number of thioether (sulfide) groups is 1.